The second-order valence-electron chi connectivity index (χ2n) is 4.50. The third-order valence-electron chi connectivity index (χ3n) is 1.98. The van der Waals surface area contributed by atoms with Crippen LogP contribution in [0.15, 0.2) is 24.3 Å². The molecule has 1 aromatic carbocycles. The van der Waals surface area contributed by atoms with Gasteiger partial charge in [-0.1, -0.05) is 18.2 Å². The van der Waals surface area contributed by atoms with Gasteiger partial charge in [0.05, 0.1) is 0 Å². The number of hydrogen-bond donors (Lipinski definition) is 2. The van der Waals surface area contributed by atoms with E-state index in [4.69, 9.17) is 10.5 Å². The molecule has 0 saturated carbocycles. The Labute approximate surface area is 95.8 Å². The summed E-state index contributed by atoms with van der Waals surface area (Å²) in [5, 5.41) is 2.61. The third kappa shape index (κ3) is 4.31. The molecule has 0 bridgehead atoms. The van der Waals surface area contributed by atoms with Gasteiger partial charge in [-0.25, -0.2) is 4.79 Å². The fraction of sp³-hybridized carbons (Fsp3) is 0.417. The fourth-order valence-electron chi connectivity index (χ4n) is 1.11. The molecule has 1 amide bonds. The van der Waals surface area contributed by atoms with Crippen molar-refractivity contribution < 1.29 is 9.53 Å². The average molecular weight is 222 g/mol. The third-order valence-corrected chi connectivity index (χ3v) is 1.98. The Bertz CT molecular complexity index is 370. The van der Waals surface area contributed by atoms with Crippen molar-refractivity contribution in [1.82, 2.24) is 5.32 Å². The Morgan fingerprint density at radius 3 is 2.62 bits per heavy atom. The van der Waals surface area contributed by atoms with Crippen LogP contribution in [0.4, 0.5) is 4.79 Å². The lowest BCUT2D eigenvalue weighted by atomic mass is 10.1. The van der Waals surface area contributed by atoms with E-state index in [0.29, 0.717) is 12.3 Å². The molecule has 88 valence electrons. The number of rotatable bonds is 3. The van der Waals surface area contributed by atoms with E-state index in [1.807, 2.05) is 39.0 Å². The van der Waals surface area contributed by atoms with E-state index in [1.54, 1.807) is 6.07 Å². The number of carbonyl (C=O) groups is 1. The number of para-hydroxylation sites is 1. The van der Waals surface area contributed by atoms with Crippen molar-refractivity contribution in [2.24, 2.45) is 5.73 Å². The monoisotopic (exact) mass is 222 g/mol. The van der Waals surface area contributed by atoms with Gasteiger partial charge in [0.25, 0.3) is 0 Å². The molecule has 0 aliphatic rings. The smallest absolute Gasteiger partial charge is 0.410 e. The first kappa shape index (κ1) is 12.5. The minimum absolute atomic E-state index is 0.373. The van der Waals surface area contributed by atoms with E-state index in [1.165, 1.54) is 0 Å². The molecule has 4 nitrogen and oxygen atoms in total. The van der Waals surface area contributed by atoms with Gasteiger partial charge in [0.2, 0.25) is 0 Å². The first-order valence-electron chi connectivity index (χ1n) is 5.19. The van der Waals surface area contributed by atoms with E-state index in [9.17, 15) is 4.79 Å². The lowest BCUT2D eigenvalue weighted by Gasteiger charge is -2.18. The number of hydrogen-bond acceptors (Lipinski definition) is 3. The molecule has 0 aliphatic carbocycles. The summed E-state index contributed by atoms with van der Waals surface area (Å²) in [6.07, 6.45) is -0.479. The molecular weight excluding hydrogens is 204 g/mol. The van der Waals surface area contributed by atoms with Gasteiger partial charge in [-0.2, -0.15) is 0 Å². The maximum absolute atomic E-state index is 11.4. The van der Waals surface area contributed by atoms with E-state index < -0.39 is 11.6 Å². The van der Waals surface area contributed by atoms with Crippen molar-refractivity contribution in [2.45, 2.75) is 26.3 Å². The molecule has 3 N–H and O–H groups in total. The van der Waals surface area contributed by atoms with Crippen LogP contribution in [0.3, 0.4) is 0 Å². The molecule has 16 heavy (non-hydrogen) atoms. The van der Waals surface area contributed by atoms with Crippen molar-refractivity contribution in [1.29, 1.82) is 0 Å². The zero-order valence-electron chi connectivity index (χ0n) is 9.91. The fourth-order valence-corrected chi connectivity index (χ4v) is 1.11. The zero-order chi connectivity index (χ0) is 12.2. The predicted octanol–water partition coefficient (Wildman–Crippen LogP) is 1.82. The molecule has 0 spiro atoms. The molecule has 1 aromatic rings. The van der Waals surface area contributed by atoms with Crippen molar-refractivity contribution >= 4 is 6.09 Å². The molecule has 4 heteroatoms. The highest BCUT2D eigenvalue weighted by Gasteiger charge is 2.13. The lowest BCUT2D eigenvalue weighted by Crippen LogP contribution is -2.45. The van der Waals surface area contributed by atoms with Gasteiger partial charge in [0.1, 0.15) is 5.75 Å². The maximum Gasteiger partial charge on any atom is 0.412 e. The molecule has 0 unspecified atom stereocenters. The molecule has 0 atom stereocenters. The number of nitrogens with one attached hydrogen (secondary N) is 1. The minimum atomic E-state index is -0.479. The maximum atomic E-state index is 11.4. The predicted molar refractivity (Wildman–Crippen MR) is 63.5 cm³/mol. The van der Waals surface area contributed by atoms with Gasteiger partial charge in [0, 0.05) is 12.1 Å². The van der Waals surface area contributed by atoms with Crippen molar-refractivity contribution in [3.8, 4) is 5.75 Å². The van der Waals surface area contributed by atoms with Crippen LogP contribution in [0.1, 0.15) is 19.4 Å². The Morgan fingerprint density at radius 2 is 2.06 bits per heavy atom. The number of ether oxygens (including phenoxy) is 1. The molecule has 0 fully saturated rings. The van der Waals surface area contributed by atoms with E-state index in [2.05, 4.69) is 5.32 Å². The summed E-state index contributed by atoms with van der Waals surface area (Å²) in [4.78, 5) is 11.4. The van der Waals surface area contributed by atoms with Crippen LogP contribution in [-0.4, -0.2) is 18.2 Å². The standard InChI is InChI=1S/C12H18N2O2/c1-9-6-4-5-7-10(9)16-11(15)14-8-12(2,3)13/h4-7H,8,13H2,1-3H3,(H,14,15). The summed E-state index contributed by atoms with van der Waals surface area (Å²) >= 11 is 0. The van der Waals surface area contributed by atoms with Crippen molar-refractivity contribution in [2.75, 3.05) is 6.54 Å². The van der Waals surface area contributed by atoms with Crippen LogP contribution < -0.4 is 15.8 Å². The highest BCUT2D eigenvalue weighted by molar-refractivity contribution is 5.70. The van der Waals surface area contributed by atoms with Gasteiger partial charge in [-0.05, 0) is 32.4 Å². The topological polar surface area (TPSA) is 64.3 Å². The highest BCUT2D eigenvalue weighted by atomic mass is 16.6. The lowest BCUT2D eigenvalue weighted by molar-refractivity contribution is 0.197. The number of benzene rings is 1. The largest absolute Gasteiger partial charge is 0.412 e. The molecule has 0 saturated heterocycles. The molecule has 0 radical (unpaired) electrons. The van der Waals surface area contributed by atoms with Crippen molar-refractivity contribution in [3.05, 3.63) is 29.8 Å². The van der Waals surface area contributed by atoms with Gasteiger partial charge in [0.15, 0.2) is 0 Å². The highest BCUT2D eigenvalue weighted by Crippen LogP contribution is 2.15. The minimum Gasteiger partial charge on any atom is -0.410 e. The van der Waals surface area contributed by atoms with Crippen LogP contribution in [-0.2, 0) is 0 Å². The molecule has 0 heterocycles. The van der Waals surface area contributed by atoms with E-state index in [-0.39, 0.29) is 0 Å². The van der Waals surface area contributed by atoms with Crippen LogP contribution in [0.5, 0.6) is 5.75 Å². The van der Waals surface area contributed by atoms with Crippen molar-refractivity contribution in [3.63, 3.8) is 0 Å². The first-order valence-corrected chi connectivity index (χ1v) is 5.19. The number of nitrogens with two attached hydrogens (primary N) is 1. The van der Waals surface area contributed by atoms with Gasteiger partial charge >= 0.3 is 6.09 Å². The summed E-state index contributed by atoms with van der Waals surface area (Å²) in [6.45, 7) is 5.93. The summed E-state index contributed by atoms with van der Waals surface area (Å²) in [6, 6.07) is 7.35. The SMILES string of the molecule is Cc1ccccc1OC(=O)NCC(C)(C)N. The van der Waals surface area contributed by atoms with Crippen LogP contribution in [0, 0.1) is 6.92 Å². The van der Waals surface area contributed by atoms with Crippen LogP contribution >= 0.6 is 0 Å². The molecule has 1 rings (SSSR count). The van der Waals surface area contributed by atoms with E-state index in [0.717, 1.165) is 5.56 Å². The van der Waals surface area contributed by atoms with Gasteiger partial charge in [-0.3, -0.25) is 0 Å². The zero-order valence-corrected chi connectivity index (χ0v) is 9.91. The normalized spacial score (nSPS) is 11.0. The Balaban J connectivity index is 2.50. The summed E-state index contributed by atoms with van der Waals surface area (Å²) < 4.78 is 5.13. The Morgan fingerprint density at radius 1 is 1.44 bits per heavy atom. The number of amides is 1. The Hall–Kier alpha value is -1.55. The molecule has 0 aliphatic heterocycles. The molecule has 0 aromatic heterocycles. The summed E-state index contributed by atoms with van der Waals surface area (Å²) in [5.41, 5.74) is 6.22. The van der Waals surface area contributed by atoms with Crippen LogP contribution in [0.2, 0.25) is 0 Å². The number of carbonyl (C=O) groups excluding carboxylic acids is 1. The summed E-state index contributed by atoms with van der Waals surface area (Å²) in [5.74, 6) is 0.565. The van der Waals surface area contributed by atoms with E-state index >= 15 is 0 Å². The Kier molecular flexibility index (Phi) is 3.90. The van der Waals surface area contributed by atoms with Gasteiger partial charge in [-0.15, -0.1) is 0 Å². The number of aryl methyl sites for hydroxylation is 1. The molecular formula is C12H18N2O2. The van der Waals surface area contributed by atoms with Gasteiger partial charge < -0.3 is 15.8 Å². The average Bonchev–Trinajstić information content (AvgIpc) is 2.18. The second-order valence-corrected chi connectivity index (χ2v) is 4.50. The van der Waals surface area contributed by atoms with Crippen LogP contribution in [0.25, 0.3) is 0 Å². The second kappa shape index (κ2) is 4.99. The quantitative estimate of drug-likeness (QED) is 0.820. The summed E-state index contributed by atoms with van der Waals surface area (Å²) in [7, 11) is 0. The first-order chi connectivity index (χ1) is 7.38.